The van der Waals surface area contributed by atoms with E-state index >= 15 is 0 Å². The molecule has 0 unspecified atom stereocenters. The lowest BCUT2D eigenvalue weighted by molar-refractivity contribution is -0.160. The largest absolute Gasteiger partial charge is 0.462 e. The van der Waals surface area contributed by atoms with Gasteiger partial charge in [0.2, 0.25) is 11.8 Å². The van der Waals surface area contributed by atoms with E-state index in [0.29, 0.717) is 17.7 Å². The van der Waals surface area contributed by atoms with Crippen molar-refractivity contribution in [2.45, 2.75) is 51.0 Å². The van der Waals surface area contributed by atoms with Gasteiger partial charge in [-0.2, -0.15) is 0 Å². The van der Waals surface area contributed by atoms with Crippen molar-refractivity contribution in [3.63, 3.8) is 0 Å². The SMILES string of the molecule is CCCC[C@H](C(=O)OCC(=O)Nc1ccc(C(=O)OCC)cc1)N1C(=O)[C@H]2C3c4ccccc4C(c4ccccc43)[C@@H]2C1=O. The second-order valence-electron chi connectivity index (χ2n) is 11.4. The Morgan fingerprint density at radius 3 is 1.77 bits per heavy atom. The molecule has 2 bridgehead atoms. The molecule has 3 aromatic rings. The van der Waals surface area contributed by atoms with Gasteiger partial charge in [0.15, 0.2) is 6.61 Å². The van der Waals surface area contributed by atoms with Gasteiger partial charge in [0.25, 0.3) is 5.91 Å². The maximum atomic E-state index is 14.1. The maximum absolute atomic E-state index is 14.1. The molecule has 44 heavy (non-hydrogen) atoms. The fraction of sp³-hybridized carbons (Fsp3) is 0.343. The van der Waals surface area contributed by atoms with Gasteiger partial charge in [-0.3, -0.25) is 19.3 Å². The van der Waals surface area contributed by atoms with Crippen LogP contribution in [0.2, 0.25) is 0 Å². The number of hydrogen-bond acceptors (Lipinski definition) is 7. The smallest absolute Gasteiger partial charge is 0.338 e. The Labute approximate surface area is 255 Å². The highest BCUT2D eigenvalue weighted by Crippen LogP contribution is 2.61. The second-order valence-corrected chi connectivity index (χ2v) is 11.4. The lowest BCUT2D eigenvalue weighted by atomic mass is 9.55. The summed E-state index contributed by atoms with van der Waals surface area (Å²) in [5.41, 5.74) is 4.97. The van der Waals surface area contributed by atoms with Gasteiger partial charge in [-0.1, -0.05) is 68.3 Å². The number of unbranched alkanes of at least 4 members (excludes halogenated alkanes) is 1. The molecule has 3 aliphatic carbocycles. The number of carbonyl (C=O) groups is 5. The quantitative estimate of drug-likeness (QED) is 0.265. The number of anilines is 1. The molecule has 0 aromatic heterocycles. The second kappa shape index (κ2) is 12.1. The van der Waals surface area contributed by atoms with Crippen LogP contribution in [0.15, 0.2) is 72.8 Å². The highest BCUT2D eigenvalue weighted by molar-refractivity contribution is 6.10. The van der Waals surface area contributed by atoms with Crippen molar-refractivity contribution < 1.29 is 33.4 Å². The molecular weight excluding hydrogens is 560 g/mol. The fourth-order valence-electron chi connectivity index (χ4n) is 7.09. The molecular formula is C35H34N2O7. The van der Waals surface area contributed by atoms with Gasteiger partial charge >= 0.3 is 11.9 Å². The van der Waals surface area contributed by atoms with Crippen LogP contribution in [0.1, 0.15) is 77.6 Å². The minimum absolute atomic E-state index is 0.248. The Morgan fingerprint density at radius 2 is 1.30 bits per heavy atom. The molecule has 1 saturated heterocycles. The molecule has 3 atom stereocenters. The Hall–Kier alpha value is -4.79. The number of ether oxygens (including phenoxy) is 2. The Morgan fingerprint density at radius 1 is 0.773 bits per heavy atom. The summed E-state index contributed by atoms with van der Waals surface area (Å²) in [6.45, 7) is 3.34. The Bertz CT molecular complexity index is 1520. The van der Waals surface area contributed by atoms with Crippen molar-refractivity contribution in [2.24, 2.45) is 11.8 Å². The summed E-state index contributed by atoms with van der Waals surface area (Å²) in [5, 5.41) is 2.63. The number of nitrogens with one attached hydrogen (secondary N) is 1. The van der Waals surface area contributed by atoms with Gasteiger partial charge < -0.3 is 14.8 Å². The summed E-state index contributed by atoms with van der Waals surface area (Å²) in [6, 6.07) is 21.0. The highest BCUT2D eigenvalue weighted by atomic mass is 16.5. The predicted molar refractivity (Wildman–Crippen MR) is 161 cm³/mol. The van der Waals surface area contributed by atoms with Crippen molar-refractivity contribution in [3.8, 4) is 0 Å². The summed E-state index contributed by atoms with van der Waals surface area (Å²) >= 11 is 0. The number of hydrogen-bond donors (Lipinski definition) is 1. The van der Waals surface area contributed by atoms with E-state index in [-0.39, 0.29) is 36.7 Å². The average molecular weight is 595 g/mol. The molecule has 1 heterocycles. The first-order chi connectivity index (χ1) is 21.3. The van der Waals surface area contributed by atoms with Crippen LogP contribution in [0, 0.1) is 11.8 Å². The van der Waals surface area contributed by atoms with Gasteiger partial charge in [0.05, 0.1) is 24.0 Å². The maximum Gasteiger partial charge on any atom is 0.338 e. The number of benzene rings is 3. The number of carbonyl (C=O) groups excluding carboxylic acids is 5. The topological polar surface area (TPSA) is 119 Å². The summed E-state index contributed by atoms with van der Waals surface area (Å²) < 4.78 is 10.4. The highest BCUT2D eigenvalue weighted by Gasteiger charge is 2.63. The molecule has 7 rings (SSSR count). The normalized spacial score (nSPS) is 21.6. The Balaban J connectivity index is 1.19. The number of likely N-dealkylation sites (tertiary alicyclic amines) is 1. The van der Waals surface area contributed by atoms with Crippen molar-refractivity contribution >= 4 is 35.3 Å². The van der Waals surface area contributed by atoms with Crippen molar-refractivity contribution in [2.75, 3.05) is 18.5 Å². The van der Waals surface area contributed by atoms with Crippen molar-refractivity contribution in [1.29, 1.82) is 0 Å². The third-order valence-electron chi connectivity index (χ3n) is 8.92. The van der Waals surface area contributed by atoms with Gasteiger partial charge in [0, 0.05) is 17.5 Å². The van der Waals surface area contributed by atoms with E-state index in [1.807, 2.05) is 55.5 Å². The van der Waals surface area contributed by atoms with Crippen LogP contribution < -0.4 is 5.32 Å². The monoisotopic (exact) mass is 594 g/mol. The van der Waals surface area contributed by atoms with Gasteiger partial charge in [-0.25, -0.2) is 9.59 Å². The van der Waals surface area contributed by atoms with E-state index in [1.165, 1.54) is 12.1 Å². The molecule has 3 amide bonds. The summed E-state index contributed by atoms with van der Waals surface area (Å²) in [4.78, 5) is 67.4. The van der Waals surface area contributed by atoms with Crippen molar-refractivity contribution in [3.05, 3.63) is 101 Å². The fourth-order valence-corrected chi connectivity index (χ4v) is 7.09. The van der Waals surface area contributed by atoms with Gasteiger partial charge in [0.1, 0.15) is 6.04 Å². The van der Waals surface area contributed by atoms with E-state index in [9.17, 15) is 24.0 Å². The van der Waals surface area contributed by atoms with Gasteiger partial charge in [-0.15, -0.1) is 0 Å². The summed E-state index contributed by atoms with van der Waals surface area (Å²) in [5.74, 6) is -4.31. The first kappa shape index (κ1) is 29.3. The lowest BCUT2D eigenvalue weighted by Crippen LogP contribution is -2.47. The Kier molecular flexibility index (Phi) is 8.03. The number of imide groups is 1. The number of nitrogens with zero attached hydrogens (tertiary/aromatic N) is 1. The molecule has 0 radical (unpaired) electrons. The number of esters is 2. The molecule has 226 valence electrons. The van der Waals surface area contributed by atoms with Crippen LogP contribution in [-0.4, -0.2) is 53.8 Å². The van der Waals surface area contributed by atoms with E-state index in [4.69, 9.17) is 9.47 Å². The van der Waals surface area contributed by atoms with E-state index < -0.39 is 42.3 Å². The first-order valence-corrected chi connectivity index (χ1v) is 15.1. The van der Waals surface area contributed by atoms with Crippen LogP contribution in [-0.2, 0) is 28.7 Å². The standard InChI is InChI=1S/C35H34N2O7/c1-3-5-14-26(35(42)44-19-27(38)36-21-17-15-20(16-18-21)34(41)43-4-2)37-32(39)30-28-22-10-6-7-11-23(22)29(31(30)33(37)40)25-13-9-8-12-24(25)28/h6-13,15-18,26,28-31H,3-5,14,19H2,1-2H3,(H,36,38)/t26-,28?,29?,30+,31+/m1/s1. The lowest BCUT2D eigenvalue weighted by Gasteiger charge is -2.45. The van der Waals surface area contributed by atoms with Crippen molar-refractivity contribution in [1.82, 2.24) is 4.90 Å². The van der Waals surface area contributed by atoms with E-state index in [1.54, 1.807) is 19.1 Å². The molecule has 0 saturated carbocycles. The first-order valence-electron chi connectivity index (χ1n) is 15.1. The molecule has 0 spiro atoms. The third-order valence-corrected chi connectivity index (χ3v) is 8.92. The molecule has 3 aromatic carbocycles. The molecule has 1 fully saturated rings. The van der Waals surface area contributed by atoms with Crippen LogP contribution >= 0.6 is 0 Å². The zero-order valence-corrected chi connectivity index (χ0v) is 24.7. The van der Waals surface area contributed by atoms with E-state index in [2.05, 4.69) is 5.32 Å². The predicted octanol–water partition coefficient (Wildman–Crippen LogP) is 4.80. The van der Waals surface area contributed by atoms with Crippen LogP contribution in [0.4, 0.5) is 5.69 Å². The zero-order chi connectivity index (χ0) is 31.0. The van der Waals surface area contributed by atoms with Crippen LogP contribution in [0.3, 0.4) is 0 Å². The third kappa shape index (κ3) is 4.96. The summed E-state index contributed by atoms with van der Waals surface area (Å²) in [7, 11) is 0. The number of amides is 3. The minimum atomic E-state index is -1.12. The van der Waals surface area contributed by atoms with Gasteiger partial charge in [-0.05, 0) is 59.9 Å². The molecule has 9 nitrogen and oxygen atoms in total. The van der Waals surface area contributed by atoms with Crippen LogP contribution in [0.5, 0.6) is 0 Å². The number of rotatable bonds is 10. The van der Waals surface area contributed by atoms with E-state index in [0.717, 1.165) is 33.6 Å². The molecule has 9 heteroatoms. The zero-order valence-electron chi connectivity index (χ0n) is 24.7. The average Bonchev–Trinajstić information content (AvgIpc) is 3.30. The molecule has 4 aliphatic rings. The van der Waals surface area contributed by atoms with Crippen LogP contribution in [0.25, 0.3) is 0 Å². The summed E-state index contributed by atoms with van der Waals surface area (Å²) in [6.07, 6.45) is 1.59. The minimum Gasteiger partial charge on any atom is -0.462 e. The molecule has 1 N–H and O–H groups in total. The molecule has 1 aliphatic heterocycles.